The summed E-state index contributed by atoms with van der Waals surface area (Å²) in [5.41, 5.74) is 5.97. The van der Waals surface area contributed by atoms with Crippen LogP contribution in [0.4, 0.5) is 10.1 Å². The number of anilines is 1. The number of hydrazine groups is 1. The Morgan fingerprint density at radius 1 is 1.10 bits per heavy atom. The Balaban J connectivity index is 1.66. The van der Waals surface area contributed by atoms with Crippen LogP contribution in [0.5, 0.6) is 0 Å². The van der Waals surface area contributed by atoms with E-state index in [2.05, 4.69) is 17.4 Å². The number of hydrazone groups is 1. The fourth-order valence-electron chi connectivity index (χ4n) is 4.02. The van der Waals surface area contributed by atoms with Crippen LogP contribution in [-0.4, -0.2) is 28.8 Å². The standard InChI is InChI=1S/C22H24ClFN4S/c1-15-20(22(29)26-27-13-5-2-6-14-27)25-28(19-8-4-3-7-18(19)23)21(15)16-9-11-17(24)12-10-16/h3-4,7-12,15,21H,2,5-6,13-14H2,1H3,(H,26,29)/t15-,21-/m1/s1. The zero-order valence-electron chi connectivity index (χ0n) is 16.3. The number of thiocarbonyl (C=S) groups is 1. The Labute approximate surface area is 181 Å². The molecule has 2 aliphatic heterocycles. The molecule has 29 heavy (non-hydrogen) atoms. The molecular weight excluding hydrogens is 407 g/mol. The molecule has 0 saturated carbocycles. The first-order chi connectivity index (χ1) is 14.0. The molecule has 1 N–H and O–H groups in total. The third kappa shape index (κ3) is 4.29. The summed E-state index contributed by atoms with van der Waals surface area (Å²) >= 11 is 12.2. The number of para-hydroxylation sites is 1. The van der Waals surface area contributed by atoms with E-state index in [0.717, 1.165) is 30.1 Å². The van der Waals surface area contributed by atoms with E-state index in [4.69, 9.17) is 28.9 Å². The monoisotopic (exact) mass is 430 g/mol. The molecule has 0 radical (unpaired) electrons. The first-order valence-electron chi connectivity index (χ1n) is 9.98. The van der Waals surface area contributed by atoms with Crippen LogP contribution in [0.25, 0.3) is 0 Å². The van der Waals surface area contributed by atoms with E-state index < -0.39 is 0 Å². The maximum atomic E-state index is 13.5. The highest BCUT2D eigenvalue weighted by Gasteiger charge is 2.39. The van der Waals surface area contributed by atoms with Gasteiger partial charge in [0, 0.05) is 19.0 Å². The van der Waals surface area contributed by atoms with E-state index in [1.807, 2.05) is 29.3 Å². The van der Waals surface area contributed by atoms with E-state index >= 15 is 0 Å². The first-order valence-corrected chi connectivity index (χ1v) is 10.8. The van der Waals surface area contributed by atoms with Gasteiger partial charge >= 0.3 is 0 Å². The first kappa shape index (κ1) is 20.3. The van der Waals surface area contributed by atoms with Crippen LogP contribution in [0.1, 0.15) is 37.8 Å². The van der Waals surface area contributed by atoms with Crippen LogP contribution in [0.2, 0.25) is 5.02 Å². The molecule has 0 bridgehead atoms. The molecule has 0 aromatic heterocycles. The minimum atomic E-state index is -0.257. The lowest BCUT2D eigenvalue weighted by atomic mass is 9.91. The highest BCUT2D eigenvalue weighted by Crippen LogP contribution is 2.41. The van der Waals surface area contributed by atoms with E-state index in [9.17, 15) is 4.39 Å². The fourth-order valence-corrected chi connectivity index (χ4v) is 4.60. The lowest BCUT2D eigenvalue weighted by Crippen LogP contribution is -2.47. The van der Waals surface area contributed by atoms with Crippen molar-refractivity contribution in [1.82, 2.24) is 10.4 Å². The number of nitrogens with zero attached hydrogens (tertiary/aromatic N) is 3. The van der Waals surface area contributed by atoms with Crippen LogP contribution in [0, 0.1) is 11.7 Å². The van der Waals surface area contributed by atoms with Gasteiger partial charge in [0.2, 0.25) is 0 Å². The Kier molecular flexibility index (Phi) is 6.13. The molecule has 152 valence electrons. The largest absolute Gasteiger partial charge is 0.308 e. The van der Waals surface area contributed by atoms with Crippen molar-refractivity contribution in [2.24, 2.45) is 11.0 Å². The second-order valence-electron chi connectivity index (χ2n) is 7.55. The number of benzene rings is 2. The van der Waals surface area contributed by atoms with Gasteiger partial charge in [-0.25, -0.2) is 9.40 Å². The highest BCUT2D eigenvalue weighted by atomic mass is 35.5. The molecule has 2 aliphatic rings. The molecule has 0 amide bonds. The van der Waals surface area contributed by atoms with Crippen LogP contribution in [-0.2, 0) is 0 Å². The average Bonchev–Trinajstić information content (AvgIpc) is 3.07. The predicted molar refractivity (Wildman–Crippen MR) is 121 cm³/mol. The maximum Gasteiger partial charge on any atom is 0.137 e. The van der Waals surface area contributed by atoms with Gasteiger partial charge in [-0.15, -0.1) is 0 Å². The summed E-state index contributed by atoms with van der Waals surface area (Å²) in [5, 5.41) is 9.59. The fraction of sp³-hybridized carbons (Fsp3) is 0.364. The molecule has 2 aromatic carbocycles. The molecule has 2 heterocycles. The molecule has 0 aliphatic carbocycles. The van der Waals surface area contributed by atoms with Crippen LogP contribution >= 0.6 is 23.8 Å². The van der Waals surface area contributed by atoms with Crippen molar-refractivity contribution >= 4 is 40.2 Å². The summed E-state index contributed by atoms with van der Waals surface area (Å²) < 4.78 is 13.5. The normalized spacial score (nSPS) is 22.4. The molecule has 2 aromatic rings. The van der Waals surface area contributed by atoms with Crippen molar-refractivity contribution in [3.63, 3.8) is 0 Å². The second-order valence-corrected chi connectivity index (χ2v) is 8.37. The number of halogens is 2. The summed E-state index contributed by atoms with van der Waals surface area (Å²) in [7, 11) is 0. The number of piperidine rings is 1. The maximum absolute atomic E-state index is 13.5. The number of nitrogens with one attached hydrogen (secondary N) is 1. The smallest absolute Gasteiger partial charge is 0.137 e. The SMILES string of the molecule is C[C@@H]1C(C(=S)NN2CCCCC2)=NN(c2ccccc2Cl)[C@H]1c1ccc(F)cc1. The molecular formula is C22H24ClFN4S. The highest BCUT2D eigenvalue weighted by molar-refractivity contribution is 7.82. The Bertz CT molecular complexity index is 911. The molecule has 2 atom stereocenters. The van der Waals surface area contributed by atoms with Gasteiger partial charge in [0.25, 0.3) is 0 Å². The minimum Gasteiger partial charge on any atom is -0.308 e. The lowest BCUT2D eigenvalue weighted by Gasteiger charge is -2.29. The Morgan fingerprint density at radius 3 is 2.48 bits per heavy atom. The summed E-state index contributed by atoms with van der Waals surface area (Å²) in [5.74, 6) is -0.242. The van der Waals surface area contributed by atoms with Crippen molar-refractivity contribution in [3.8, 4) is 0 Å². The van der Waals surface area contributed by atoms with Gasteiger partial charge in [-0.2, -0.15) is 5.10 Å². The zero-order chi connectivity index (χ0) is 20.4. The number of hydrogen-bond donors (Lipinski definition) is 1. The minimum absolute atomic E-state index is 0.0153. The zero-order valence-corrected chi connectivity index (χ0v) is 17.9. The second kappa shape index (κ2) is 8.78. The van der Waals surface area contributed by atoms with Crippen molar-refractivity contribution in [1.29, 1.82) is 0 Å². The average molecular weight is 431 g/mol. The molecule has 0 spiro atoms. The van der Waals surface area contributed by atoms with E-state index in [1.165, 1.54) is 31.4 Å². The van der Waals surface area contributed by atoms with Crippen LogP contribution < -0.4 is 10.4 Å². The van der Waals surface area contributed by atoms with E-state index in [1.54, 1.807) is 12.1 Å². The van der Waals surface area contributed by atoms with Crippen LogP contribution in [0.3, 0.4) is 0 Å². The van der Waals surface area contributed by atoms with Gasteiger partial charge in [-0.1, -0.05) is 61.4 Å². The third-order valence-electron chi connectivity index (χ3n) is 5.54. The molecule has 0 unspecified atom stereocenters. The molecule has 1 fully saturated rings. The summed E-state index contributed by atoms with van der Waals surface area (Å²) in [6.07, 6.45) is 3.60. The topological polar surface area (TPSA) is 30.9 Å². The van der Waals surface area contributed by atoms with Crippen molar-refractivity contribution in [2.45, 2.75) is 32.2 Å². The number of hydrogen-bond acceptors (Lipinski definition) is 4. The molecule has 1 saturated heterocycles. The van der Waals surface area contributed by atoms with E-state index in [0.29, 0.717) is 10.0 Å². The molecule has 7 heteroatoms. The molecule has 4 nitrogen and oxygen atoms in total. The Hall–Kier alpha value is -2.02. The summed E-state index contributed by atoms with van der Waals surface area (Å²) in [6, 6.07) is 14.1. The summed E-state index contributed by atoms with van der Waals surface area (Å²) in [4.78, 5) is 0.640. The Morgan fingerprint density at radius 2 is 1.79 bits per heavy atom. The van der Waals surface area contributed by atoms with Gasteiger partial charge in [-0.3, -0.25) is 5.01 Å². The van der Waals surface area contributed by atoms with Crippen molar-refractivity contribution in [2.75, 3.05) is 18.1 Å². The van der Waals surface area contributed by atoms with Crippen molar-refractivity contribution in [3.05, 3.63) is 64.9 Å². The number of rotatable bonds is 4. The van der Waals surface area contributed by atoms with Gasteiger partial charge in [0.1, 0.15) is 16.5 Å². The van der Waals surface area contributed by atoms with Gasteiger partial charge in [0.05, 0.1) is 16.8 Å². The third-order valence-corrected chi connectivity index (χ3v) is 6.16. The lowest BCUT2D eigenvalue weighted by molar-refractivity contribution is 0.197. The van der Waals surface area contributed by atoms with Crippen LogP contribution in [0.15, 0.2) is 53.6 Å². The quantitative estimate of drug-likeness (QED) is 0.662. The van der Waals surface area contributed by atoms with Crippen molar-refractivity contribution < 1.29 is 4.39 Å². The molecule has 4 rings (SSSR count). The van der Waals surface area contributed by atoms with Gasteiger partial charge in [0.15, 0.2) is 0 Å². The summed E-state index contributed by atoms with van der Waals surface area (Å²) in [6.45, 7) is 4.07. The predicted octanol–water partition coefficient (Wildman–Crippen LogP) is 5.35. The van der Waals surface area contributed by atoms with Gasteiger partial charge in [-0.05, 0) is 42.7 Å². The van der Waals surface area contributed by atoms with E-state index in [-0.39, 0.29) is 17.8 Å². The van der Waals surface area contributed by atoms with Gasteiger partial charge < -0.3 is 5.43 Å².